The second kappa shape index (κ2) is 9.79. The molecule has 6 nitrogen and oxygen atoms in total. The van der Waals surface area contributed by atoms with E-state index in [0.717, 1.165) is 12.8 Å². The van der Waals surface area contributed by atoms with E-state index in [1.54, 1.807) is 20.8 Å². The van der Waals surface area contributed by atoms with Crippen LogP contribution >= 0.6 is 0 Å². The Morgan fingerprint density at radius 2 is 1.73 bits per heavy atom. The zero-order valence-electron chi connectivity index (χ0n) is 14.4. The lowest BCUT2D eigenvalue weighted by atomic mass is 9.91. The van der Waals surface area contributed by atoms with E-state index in [4.69, 9.17) is 4.74 Å². The van der Waals surface area contributed by atoms with Gasteiger partial charge in [0.2, 0.25) is 5.91 Å². The van der Waals surface area contributed by atoms with Gasteiger partial charge in [-0.3, -0.25) is 4.79 Å². The van der Waals surface area contributed by atoms with Crippen molar-refractivity contribution in [2.45, 2.75) is 78.0 Å². The van der Waals surface area contributed by atoms with Crippen LogP contribution in [0.2, 0.25) is 0 Å². The van der Waals surface area contributed by atoms with Gasteiger partial charge in [-0.2, -0.15) is 0 Å². The molecule has 0 aromatic heterocycles. The van der Waals surface area contributed by atoms with Crippen molar-refractivity contribution in [3.05, 3.63) is 0 Å². The minimum atomic E-state index is -1.11. The zero-order chi connectivity index (χ0) is 17.3. The van der Waals surface area contributed by atoms with Crippen molar-refractivity contribution in [2.24, 2.45) is 5.92 Å². The highest BCUT2D eigenvalue weighted by atomic mass is 16.5. The standard InChI is InChI=1S/C16H31NO5/c1-6-22-15(20)13(17-12(3)18)9-7-11(2)8-10-14(19)16(4,5)21/h11,13-14,19,21H,6-10H2,1-5H3,(H,17,18)/t11-,13+,14?/m0/s1. The maximum Gasteiger partial charge on any atom is 0.328 e. The molecular formula is C16H31NO5. The molecule has 0 bridgehead atoms. The quantitative estimate of drug-likeness (QED) is 0.529. The lowest BCUT2D eigenvalue weighted by Gasteiger charge is -2.26. The molecule has 0 radical (unpaired) electrons. The Kier molecular flexibility index (Phi) is 9.28. The van der Waals surface area contributed by atoms with Gasteiger partial charge in [0.05, 0.1) is 18.3 Å². The Labute approximate surface area is 133 Å². The first kappa shape index (κ1) is 20.9. The summed E-state index contributed by atoms with van der Waals surface area (Å²) in [6.07, 6.45) is 1.68. The number of rotatable bonds is 10. The molecule has 0 rings (SSSR count). The highest BCUT2D eigenvalue weighted by Gasteiger charge is 2.25. The number of carbonyl (C=O) groups excluding carboxylic acids is 2. The molecule has 6 heteroatoms. The van der Waals surface area contributed by atoms with Crippen molar-refractivity contribution in [1.82, 2.24) is 5.32 Å². The Balaban J connectivity index is 4.28. The molecule has 0 aromatic carbocycles. The number of esters is 1. The first-order valence-electron chi connectivity index (χ1n) is 7.92. The van der Waals surface area contributed by atoms with Crippen LogP contribution in [-0.2, 0) is 14.3 Å². The Bertz CT molecular complexity index is 351. The fraction of sp³-hybridized carbons (Fsp3) is 0.875. The first-order valence-corrected chi connectivity index (χ1v) is 7.92. The molecule has 0 aliphatic heterocycles. The van der Waals surface area contributed by atoms with Gasteiger partial charge < -0.3 is 20.3 Å². The summed E-state index contributed by atoms with van der Waals surface area (Å²) < 4.78 is 4.95. The molecule has 3 atom stereocenters. The van der Waals surface area contributed by atoms with E-state index in [1.165, 1.54) is 6.92 Å². The second-order valence-corrected chi connectivity index (χ2v) is 6.43. The van der Waals surface area contributed by atoms with Crippen molar-refractivity contribution >= 4 is 11.9 Å². The zero-order valence-corrected chi connectivity index (χ0v) is 14.4. The summed E-state index contributed by atoms with van der Waals surface area (Å²) in [5, 5.41) is 22.1. The number of ether oxygens (including phenoxy) is 1. The van der Waals surface area contributed by atoms with E-state index < -0.39 is 23.7 Å². The third kappa shape index (κ3) is 9.00. The lowest BCUT2D eigenvalue weighted by Crippen LogP contribution is -2.41. The first-order chi connectivity index (χ1) is 10.1. The largest absolute Gasteiger partial charge is 0.464 e. The van der Waals surface area contributed by atoms with Gasteiger partial charge in [-0.1, -0.05) is 6.92 Å². The van der Waals surface area contributed by atoms with E-state index in [9.17, 15) is 19.8 Å². The number of hydrogen-bond donors (Lipinski definition) is 3. The van der Waals surface area contributed by atoms with Crippen LogP contribution in [0.4, 0.5) is 0 Å². The third-order valence-electron chi connectivity index (χ3n) is 3.65. The van der Waals surface area contributed by atoms with Gasteiger partial charge in [0.25, 0.3) is 0 Å². The number of carbonyl (C=O) groups is 2. The Morgan fingerprint density at radius 1 is 1.18 bits per heavy atom. The molecular weight excluding hydrogens is 286 g/mol. The molecule has 0 aliphatic carbocycles. The minimum Gasteiger partial charge on any atom is -0.464 e. The van der Waals surface area contributed by atoms with Gasteiger partial charge in [0.1, 0.15) is 6.04 Å². The molecule has 0 aliphatic rings. The summed E-state index contributed by atoms with van der Waals surface area (Å²) in [5.74, 6) is -0.410. The van der Waals surface area contributed by atoms with Crippen LogP contribution in [0.3, 0.4) is 0 Å². The summed E-state index contributed by atoms with van der Waals surface area (Å²) in [5.41, 5.74) is -1.11. The number of nitrogens with one attached hydrogen (secondary N) is 1. The Hall–Kier alpha value is -1.14. The monoisotopic (exact) mass is 317 g/mol. The topological polar surface area (TPSA) is 95.9 Å². The molecule has 0 spiro atoms. The fourth-order valence-electron chi connectivity index (χ4n) is 2.13. The predicted octanol–water partition coefficient (Wildman–Crippen LogP) is 1.38. The number of hydrogen-bond acceptors (Lipinski definition) is 5. The van der Waals surface area contributed by atoms with Crippen LogP contribution in [0, 0.1) is 5.92 Å². The highest BCUT2D eigenvalue weighted by molar-refractivity contribution is 5.83. The molecule has 0 fully saturated rings. The average Bonchev–Trinajstić information content (AvgIpc) is 2.39. The fourth-order valence-corrected chi connectivity index (χ4v) is 2.13. The molecule has 3 N–H and O–H groups in total. The van der Waals surface area contributed by atoms with Crippen molar-refractivity contribution in [1.29, 1.82) is 0 Å². The summed E-state index contributed by atoms with van der Waals surface area (Å²) in [4.78, 5) is 22.9. The molecule has 0 saturated carbocycles. The molecule has 130 valence electrons. The van der Waals surface area contributed by atoms with Gasteiger partial charge in [-0.15, -0.1) is 0 Å². The summed E-state index contributed by atoms with van der Waals surface area (Å²) in [7, 11) is 0. The van der Waals surface area contributed by atoms with Crippen LogP contribution < -0.4 is 5.32 Å². The lowest BCUT2D eigenvalue weighted by molar-refractivity contribution is -0.147. The minimum absolute atomic E-state index is 0.261. The van der Waals surface area contributed by atoms with Crippen LogP contribution in [0.5, 0.6) is 0 Å². The van der Waals surface area contributed by atoms with Gasteiger partial charge in [0, 0.05) is 6.92 Å². The molecule has 1 amide bonds. The summed E-state index contributed by atoms with van der Waals surface area (Å²) in [6.45, 7) is 8.56. The van der Waals surface area contributed by atoms with Gasteiger partial charge >= 0.3 is 5.97 Å². The molecule has 0 aromatic rings. The van der Waals surface area contributed by atoms with Crippen molar-refractivity contribution < 1.29 is 24.5 Å². The summed E-state index contributed by atoms with van der Waals surface area (Å²) >= 11 is 0. The third-order valence-corrected chi connectivity index (χ3v) is 3.65. The van der Waals surface area contributed by atoms with E-state index in [0.29, 0.717) is 12.8 Å². The number of amides is 1. The normalized spacial score (nSPS) is 15.8. The van der Waals surface area contributed by atoms with Gasteiger partial charge in [-0.25, -0.2) is 4.79 Å². The maximum atomic E-state index is 11.8. The Morgan fingerprint density at radius 3 is 2.18 bits per heavy atom. The average molecular weight is 317 g/mol. The molecule has 0 saturated heterocycles. The van der Waals surface area contributed by atoms with E-state index >= 15 is 0 Å². The van der Waals surface area contributed by atoms with Crippen molar-refractivity contribution in [2.75, 3.05) is 6.61 Å². The molecule has 1 unspecified atom stereocenters. The second-order valence-electron chi connectivity index (χ2n) is 6.43. The van der Waals surface area contributed by atoms with Crippen LogP contribution in [0.25, 0.3) is 0 Å². The van der Waals surface area contributed by atoms with E-state index in [2.05, 4.69) is 5.32 Å². The molecule has 0 heterocycles. The SMILES string of the molecule is CCOC(=O)[C@@H](CC[C@H](C)CCC(O)C(C)(C)O)NC(C)=O. The van der Waals surface area contributed by atoms with Crippen LogP contribution in [-0.4, -0.2) is 46.4 Å². The van der Waals surface area contributed by atoms with Crippen molar-refractivity contribution in [3.8, 4) is 0 Å². The van der Waals surface area contributed by atoms with Crippen LogP contribution in [0.15, 0.2) is 0 Å². The van der Waals surface area contributed by atoms with Crippen LogP contribution in [0.1, 0.15) is 60.3 Å². The summed E-state index contributed by atoms with van der Waals surface area (Å²) in [6, 6.07) is -0.626. The maximum absolute atomic E-state index is 11.8. The smallest absolute Gasteiger partial charge is 0.328 e. The number of aliphatic hydroxyl groups excluding tert-OH is 1. The van der Waals surface area contributed by atoms with E-state index in [1.807, 2.05) is 6.92 Å². The number of aliphatic hydroxyl groups is 2. The van der Waals surface area contributed by atoms with Gasteiger partial charge in [-0.05, 0) is 52.4 Å². The van der Waals surface area contributed by atoms with Crippen molar-refractivity contribution in [3.63, 3.8) is 0 Å². The van der Waals surface area contributed by atoms with Gasteiger partial charge in [0.15, 0.2) is 0 Å². The molecule has 22 heavy (non-hydrogen) atoms. The van der Waals surface area contributed by atoms with E-state index in [-0.39, 0.29) is 18.4 Å². The highest BCUT2D eigenvalue weighted by Crippen LogP contribution is 2.20. The predicted molar refractivity (Wildman–Crippen MR) is 84.2 cm³/mol.